The lowest BCUT2D eigenvalue weighted by atomic mass is 10.1. The maximum atomic E-state index is 5.23. The van der Waals surface area contributed by atoms with E-state index in [0.29, 0.717) is 6.61 Å². The van der Waals surface area contributed by atoms with Crippen LogP contribution in [0.25, 0.3) is 0 Å². The van der Waals surface area contributed by atoms with Gasteiger partial charge in [-0.2, -0.15) is 0 Å². The molecule has 0 spiro atoms. The summed E-state index contributed by atoms with van der Waals surface area (Å²) in [5.41, 5.74) is 3.13. The molecule has 0 aliphatic heterocycles. The molecule has 0 atom stereocenters. The first-order valence-electron chi connectivity index (χ1n) is 6.05. The second-order valence-corrected chi connectivity index (χ2v) is 4.20. The Kier molecular flexibility index (Phi) is 4.56. The van der Waals surface area contributed by atoms with Crippen molar-refractivity contribution in [2.45, 2.75) is 13.5 Å². The molecule has 0 N–H and O–H groups in total. The molecule has 19 heavy (non-hydrogen) atoms. The number of benzene rings is 2. The molecule has 0 aromatic heterocycles. The summed E-state index contributed by atoms with van der Waals surface area (Å²) in [4.78, 5) is 5.23. The average Bonchev–Trinajstić information content (AvgIpc) is 2.44. The third kappa shape index (κ3) is 4.14. The van der Waals surface area contributed by atoms with Crippen LogP contribution in [0.3, 0.4) is 0 Å². The van der Waals surface area contributed by atoms with E-state index in [4.69, 9.17) is 9.57 Å². The number of methoxy groups -OCH3 is 1. The smallest absolute Gasteiger partial charge is 0.142 e. The van der Waals surface area contributed by atoms with Gasteiger partial charge in [0.25, 0.3) is 0 Å². The van der Waals surface area contributed by atoms with Crippen molar-refractivity contribution in [3.8, 4) is 5.75 Å². The molecule has 0 saturated carbocycles. The molecule has 2 aromatic carbocycles. The Morgan fingerprint density at radius 1 is 1.11 bits per heavy atom. The fourth-order valence-electron chi connectivity index (χ4n) is 1.69. The zero-order chi connectivity index (χ0) is 13.5. The highest BCUT2D eigenvalue weighted by molar-refractivity contribution is 5.79. The quantitative estimate of drug-likeness (QED) is 0.604. The predicted molar refractivity (Wildman–Crippen MR) is 75.5 cm³/mol. The SMILES string of the molecule is COc1cccc(/[C]=N\OCc2cccc(C)c2)c1. The van der Waals surface area contributed by atoms with Crippen LogP contribution in [0.4, 0.5) is 0 Å². The van der Waals surface area contributed by atoms with E-state index in [2.05, 4.69) is 30.4 Å². The van der Waals surface area contributed by atoms with E-state index in [1.165, 1.54) is 5.56 Å². The molecule has 0 aliphatic rings. The molecule has 0 heterocycles. The van der Waals surface area contributed by atoms with Crippen molar-refractivity contribution in [3.05, 3.63) is 65.2 Å². The lowest BCUT2D eigenvalue weighted by Gasteiger charge is -2.01. The number of aryl methyl sites for hydroxylation is 1. The molecule has 0 bridgehead atoms. The molecule has 2 aromatic rings. The van der Waals surface area contributed by atoms with E-state index in [-0.39, 0.29) is 0 Å². The maximum absolute atomic E-state index is 5.23. The lowest BCUT2D eigenvalue weighted by molar-refractivity contribution is 0.132. The first-order chi connectivity index (χ1) is 9.28. The van der Waals surface area contributed by atoms with Gasteiger partial charge < -0.3 is 9.57 Å². The number of ether oxygens (including phenoxy) is 1. The van der Waals surface area contributed by atoms with Crippen molar-refractivity contribution in [1.29, 1.82) is 0 Å². The molecule has 0 amide bonds. The summed E-state index contributed by atoms with van der Waals surface area (Å²) in [5.74, 6) is 0.777. The van der Waals surface area contributed by atoms with Crippen LogP contribution in [0, 0.1) is 6.92 Å². The van der Waals surface area contributed by atoms with Crippen LogP contribution in [0.1, 0.15) is 16.7 Å². The number of hydrogen-bond donors (Lipinski definition) is 0. The fraction of sp³-hybridized carbons (Fsp3) is 0.188. The van der Waals surface area contributed by atoms with Crippen molar-refractivity contribution in [3.63, 3.8) is 0 Å². The topological polar surface area (TPSA) is 30.8 Å². The van der Waals surface area contributed by atoms with Gasteiger partial charge in [-0.1, -0.05) is 47.1 Å². The number of rotatable bonds is 5. The van der Waals surface area contributed by atoms with Gasteiger partial charge in [0.15, 0.2) is 0 Å². The molecular weight excluding hydrogens is 238 g/mol. The molecule has 1 radical (unpaired) electrons. The van der Waals surface area contributed by atoms with Crippen LogP contribution >= 0.6 is 0 Å². The highest BCUT2D eigenvalue weighted by atomic mass is 16.6. The van der Waals surface area contributed by atoms with Gasteiger partial charge in [0.1, 0.15) is 18.6 Å². The van der Waals surface area contributed by atoms with Crippen molar-refractivity contribution in [2.24, 2.45) is 5.16 Å². The lowest BCUT2D eigenvalue weighted by Crippen LogP contribution is -1.89. The van der Waals surface area contributed by atoms with Gasteiger partial charge in [-0.05, 0) is 24.6 Å². The molecule has 0 fully saturated rings. The third-order valence-electron chi connectivity index (χ3n) is 2.62. The summed E-state index contributed by atoms with van der Waals surface area (Å²) in [6.07, 6.45) is 2.83. The molecule has 3 nitrogen and oxygen atoms in total. The summed E-state index contributed by atoms with van der Waals surface area (Å²) >= 11 is 0. The van der Waals surface area contributed by atoms with Gasteiger partial charge in [-0.15, -0.1) is 0 Å². The summed E-state index contributed by atoms with van der Waals surface area (Å²) in [6.45, 7) is 2.49. The van der Waals surface area contributed by atoms with Crippen molar-refractivity contribution in [2.75, 3.05) is 7.11 Å². The molecule has 0 unspecified atom stereocenters. The summed E-state index contributed by atoms with van der Waals surface area (Å²) in [6, 6.07) is 15.6. The van der Waals surface area contributed by atoms with Crippen LogP contribution in [0.15, 0.2) is 53.7 Å². The number of nitrogens with zero attached hydrogens (tertiary/aromatic N) is 1. The standard InChI is InChI=1S/C16H16NO2/c1-13-5-3-7-15(9-13)12-19-17-11-14-6-4-8-16(10-14)18-2/h3-10H,12H2,1-2H3. The average molecular weight is 254 g/mol. The Bertz CT molecular complexity index is 564. The monoisotopic (exact) mass is 254 g/mol. The van der Waals surface area contributed by atoms with Crippen LogP contribution in [-0.4, -0.2) is 13.3 Å². The van der Waals surface area contributed by atoms with E-state index in [1.54, 1.807) is 7.11 Å². The van der Waals surface area contributed by atoms with E-state index < -0.39 is 0 Å². The minimum absolute atomic E-state index is 0.443. The zero-order valence-electron chi connectivity index (χ0n) is 11.1. The molecule has 0 saturated heterocycles. The highest BCUT2D eigenvalue weighted by Crippen LogP contribution is 2.11. The minimum atomic E-state index is 0.443. The van der Waals surface area contributed by atoms with Gasteiger partial charge in [-0.3, -0.25) is 0 Å². The maximum Gasteiger partial charge on any atom is 0.142 e. The molecule has 2 rings (SSSR count). The Morgan fingerprint density at radius 2 is 1.95 bits per heavy atom. The third-order valence-corrected chi connectivity index (χ3v) is 2.62. The van der Waals surface area contributed by atoms with Gasteiger partial charge in [0.2, 0.25) is 0 Å². The van der Waals surface area contributed by atoms with E-state index in [1.807, 2.05) is 36.4 Å². The van der Waals surface area contributed by atoms with Crippen LogP contribution in [0.5, 0.6) is 5.75 Å². The molecular formula is C16H16NO2. The second-order valence-electron chi connectivity index (χ2n) is 4.20. The van der Waals surface area contributed by atoms with Crippen LogP contribution in [0.2, 0.25) is 0 Å². The van der Waals surface area contributed by atoms with Crippen molar-refractivity contribution in [1.82, 2.24) is 0 Å². The van der Waals surface area contributed by atoms with Crippen LogP contribution in [-0.2, 0) is 11.4 Å². The Morgan fingerprint density at radius 3 is 2.74 bits per heavy atom. The van der Waals surface area contributed by atoms with E-state index in [0.717, 1.165) is 16.9 Å². The first kappa shape index (κ1) is 13.1. The van der Waals surface area contributed by atoms with Crippen molar-refractivity contribution < 1.29 is 9.57 Å². The summed E-state index contributed by atoms with van der Waals surface area (Å²) in [7, 11) is 1.63. The highest BCUT2D eigenvalue weighted by Gasteiger charge is 1.95. The fourth-order valence-corrected chi connectivity index (χ4v) is 1.69. The molecule has 0 aliphatic carbocycles. The summed E-state index contributed by atoms with van der Waals surface area (Å²) in [5, 5.41) is 3.84. The van der Waals surface area contributed by atoms with Crippen molar-refractivity contribution >= 4 is 6.21 Å². The first-order valence-corrected chi connectivity index (χ1v) is 6.05. The van der Waals surface area contributed by atoms with E-state index >= 15 is 0 Å². The largest absolute Gasteiger partial charge is 0.497 e. The van der Waals surface area contributed by atoms with Gasteiger partial charge in [0.05, 0.1) is 7.11 Å². The number of hydrogen-bond acceptors (Lipinski definition) is 3. The molecule has 97 valence electrons. The molecule has 3 heteroatoms. The Labute approximate surface area is 113 Å². The Balaban J connectivity index is 1.89. The summed E-state index contributed by atoms with van der Waals surface area (Å²) < 4.78 is 5.12. The normalized spacial score (nSPS) is 10.6. The predicted octanol–water partition coefficient (Wildman–Crippen LogP) is 3.43. The van der Waals surface area contributed by atoms with Crippen LogP contribution < -0.4 is 4.74 Å². The minimum Gasteiger partial charge on any atom is -0.497 e. The van der Waals surface area contributed by atoms with E-state index in [9.17, 15) is 0 Å². The van der Waals surface area contributed by atoms with Gasteiger partial charge in [-0.25, -0.2) is 0 Å². The zero-order valence-corrected chi connectivity index (χ0v) is 11.1. The van der Waals surface area contributed by atoms with Gasteiger partial charge >= 0.3 is 0 Å². The Hall–Kier alpha value is -2.29. The second kappa shape index (κ2) is 6.59. The van der Waals surface area contributed by atoms with Gasteiger partial charge in [0, 0.05) is 5.56 Å².